The van der Waals surface area contributed by atoms with Crippen LogP contribution in [0.15, 0.2) is 42.5 Å². The molecule has 4 heteroatoms. The van der Waals surface area contributed by atoms with Crippen molar-refractivity contribution < 1.29 is 9.53 Å². The number of carbonyl (C=O) groups is 1. The molecule has 24 heavy (non-hydrogen) atoms. The molecule has 0 saturated heterocycles. The van der Waals surface area contributed by atoms with Gasteiger partial charge >= 0.3 is 0 Å². The van der Waals surface area contributed by atoms with E-state index in [0.717, 1.165) is 24.8 Å². The summed E-state index contributed by atoms with van der Waals surface area (Å²) in [4.78, 5) is 12.0. The maximum atomic E-state index is 12.0. The van der Waals surface area contributed by atoms with Crippen molar-refractivity contribution in [2.75, 3.05) is 13.2 Å². The van der Waals surface area contributed by atoms with E-state index >= 15 is 0 Å². The van der Waals surface area contributed by atoms with Crippen LogP contribution in [-0.4, -0.2) is 31.2 Å². The summed E-state index contributed by atoms with van der Waals surface area (Å²) in [5.41, 5.74) is 8.33. The van der Waals surface area contributed by atoms with Crippen LogP contribution < -0.4 is 11.1 Å². The van der Waals surface area contributed by atoms with Crippen molar-refractivity contribution in [3.63, 3.8) is 0 Å². The Morgan fingerprint density at radius 3 is 2.88 bits per heavy atom. The number of nitrogens with one attached hydrogen (secondary N) is 1. The Morgan fingerprint density at radius 2 is 2.08 bits per heavy atom. The Labute approximate surface area is 145 Å². The van der Waals surface area contributed by atoms with Gasteiger partial charge in [-0.2, -0.15) is 0 Å². The van der Waals surface area contributed by atoms with Gasteiger partial charge in [0.15, 0.2) is 0 Å². The summed E-state index contributed by atoms with van der Waals surface area (Å²) < 4.78 is 5.92. The molecular formula is C20H30N2O2. The van der Waals surface area contributed by atoms with Crippen LogP contribution in [-0.2, 0) is 16.0 Å². The first-order valence-corrected chi connectivity index (χ1v) is 9.00. The van der Waals surface area contributed by atoms with E-state index < -0.39 is 6.04 Å². The number of amides is 1. The van der Waals surface area contributed by atoms with Crippen LogP contribution in [0.1, 0.15) is 44.1 Å². The molecule has 2 rings (SSSR count). The smallest absolute Gasteiger partial charge is 0.237 e. The van der Waals surface area contributed by atoms with Gasteiger partial charge in [0.1, 0.15) is 0 Å². The highest BCUT2D eigenvalue weighted by Gasteiger charge is 2.15. The summed E-state index contributed by atoms with van der Waals surface area (Å²) in [5, 5.41) is 2.87. The maximum absolute atomic E-state index is 12.0. The molecule has 4 nitrogen and oxygen atoms in total. The van der Waals surface area contributed by atoms with Crippen molar-refractivity contribution in [3.8, 4) is 0 Å². The standard InChI is InChI=1S/C20H30N2O2/c1-16-8-4-2-7-11-18(14-16)24-13-12-22-20(23)19(21)15-17-9-5-3-6-10-17/h3,5-6,9-10,18-19H,1-2,4,7-8,11-15,21H2,(H,22,23)/t18?,19-/m0/s1. The molecule has 0 aliphatic heterocycles. The number of hydrogen-bond donors (Lipinski definition) is 2. The monoisotopic (exact) mass is 330 g/mol. The number of nitrogens with two attached hydrogens (primary N) is 1. The van der Waals surface area contributed by atoms with Gasteiger partial charge in [0, 0.05) is 6.54 Å². The fraction of sp³-hybridized carbons (Fsp3) is 0.550. The van der Waals surface area contributed by atoms with Gasteiger partial charge < -0.3 is 15.8 Å². The topological polar surface area (TPSA) is 64.3 Å². The highest BCUT2D eigenvalue weighted by Crippen LogP contribution is 2.22. The second-order valence-electron chi connectivity index (χ2n) is 6.63. The number of benzene rings is 1. The molecule has 1 aromatic rings. The zero-order valence-corrected chi connectivity index (χ0v) is 14.5. The predicted octanol–water partition coefficient (Wildman–Crippen LogP) is 2.97. The maximum Gasteiger partial charge on any atom is 0.237 e. The van der Waals surface area contributed by atoms with E-state index in [9.17, 15) is 4.79 Å². The van der Waals surface area contributed by atoms with Crippen LogP contribution in [0.3, 0.4) is 0 Å². The van der Waals surface area contributed by atoms with Crippen molar-refractivity contribution in [2.45, 2.75) is 57.1 Å². The van der Waals surface area contributed by atoms with Crippen LogP contribution in [0.5, 0.6) is 0 Å². The number of hydrogen-bond acceptors (Lipinski definition) is 3. The summed E-state index contributed by atoms with van der Waals surface area (Å²) >= 11 is 0. The third-order valence-corrected chi connectivity index (χ3v) is 4.46. The van der Waals surface area contributed by atoms with Gasteiger partial charge in [0.05, 0.1) is 18.8 Å². The highest BCUT2D eigenvalue weighted by atomic mass is 16.5. The summed E-state index contributed by atoms with van der Waals surface area (Å²) in [6.45, 7) is 5.15. The van der Waals surface area contributed by atoms with Crippen LogP contribution >= 0.6 is 0 Å². The quantitative estimate of drug-likeness (QED) is 0.597. The second kappa shape index (κ2) is 10.3. The Hall–Kier alpha value is -1.65. The minimum absolute atomic E-state index is 0.121. The first kappa shape index (κ1) is 18.7. The number of ether oxygens (including phenoxy) is 1. The fourth-order valence-corrected chi connectivity index (χ4v) is 3.08. The Morgan fingerprint density at radius 1 is 1.29 bits per heavy atom. The van der Waals surface area contributed by atoms with E-state index in [1.54, 1.807) is 0 Å². The van der Waals surface area contributed by atoms with E-state index in [0.29, 0.717) is 19.6 Å². The molecule has 1 aromatic carbocycles. The Balaban J connectivity index is 1.63. The van der Waals surface area contributed by atoms with Gasteiger partial charge in [-0.1, -0.05) is 55.3 Å². The molecule has 0 radical (unpaired) electrons. The summed E-state index contributed by atoms with van der Waals surface area (Å²) in [6.07, 6.45) is 7.66. The van der Waals surface area contributed by atoms with Crippen molar-refractivity contribution in [1.29, 1.82) is 0 Å². The summed E-state index contributed by atoms with van der Waals surface area (Å²) in [5.74, 6) is -0.121. The molecule has 0 bridgehead atoms. The first-order chi connectivity index (χ1) is 11.6. The third-order valence-electron chi connectivity index (χ3n) is 4.46. The molecule has 1 aliphatic rings. The van der Waals surface area contributed by atoms with Crippen molar-refractivity contribution in [3.05, 3.63) is 48.0 Å². The SMILES string of the molecule is C=C1CCCCCC(OCCNC(=O)[C@@H](N)Cc2ccccc2)C1. The predicted molar refractivity (Wildman–Crippen MR) is 97.7 cm³/mol. The van der Waals surface area contributed by atoms with Crippen molar-refractivity contribution in [2.24, 2.45) is 5.73 Å². The van der Waals surface area contributed by atoms with E-state index in [-0.39, 0.29) is 12.0 Å². The molecule has 2 atom stereocenters. The average Bonchev–Trinajstić information content (AvgIpc) is 2.56. The van der Waals surface area contributed by atoms with Gasteiger partial charge in [-0.15, -0.1) is 0 Å². The minimum atomic E-state index is -0.520. The molecule has 0 spiro atoms. The molecule has 1 saturated carbocycles. The van der Waals surface area contributed by atoms with E-state index in [1.165, 1.54) is 24.8 Å². The lowest BCUT2D eigenvalue weighted by Crippen LogP contribution is -2.43. The molecule has 1 unspecified atom stereocenters. The van der Waals surface area contributed by atoms with Crippen LogP contribution in [0.4, 0.5) is 0 Å². The Kier molecular flexibility index (Phi) is 7.99. The fourth-order valence-electron chi connectivity index (χ4n) is 3.08. The molecule has 0 aromatic heterocycles. The van der Waals surface area contributed by atoms with Crippen LogP contribution in [0.25, 0.3) is 0 Å². The molecule has 0 heterocycles. The third kappa shape index (κ3) is 6.85. The van der Waals surface area contributed by atoms with Gasteiger partial charge in [0.25, 0.3) is 0 Å². The molecule has 3 N–H and O–H groups in total. The van der Waals surface area contributed by atoms with Gasteiger partial charge in [-0.25, -0.2) is 0 Å². The zero-order chi connectivity index (χ0) is 17.2. The second-order valence-corrected chi connectivity index (χ2v) is 6.63. The van der Waals surface area contributed by atoms with Crippen molar-refractivity contribution in [1.82, 2.24) is 5.32 Å². The molecule has 1 aliphatic carbocycles. The van der Waals surface area contributed by atoms with Gasteiger partial charge in [-0.3, -0.25) is 4.79 Å². The first-order valence-electron chi connectivity index (χ1n) is 9.00. The van der Waals surface area contributed by atoms with Crippen LogP contribution in [0.2, 0.25) is 0 Å². The van der Waals surface area contributed by atoms with Gasteiger partial charge in [-0.05, 0) is 37.7 Å². The van der Waals surface area contributed by atoms with Crippen LogP contribution in [0, 0.1) is 0 Å². The molecular weight excluding hydrogens is 300 g/mol. The Bertz CT molecular complexity index is 516. The lowest BCUT2D eigenvalue weighted by Gasteiger charge is -2.22. The molecule has 1 amide bonds. The van der Waals surface area contributed by atoms with E-state index in [2.05, 4.69) is 11.9 Å². The normalized spacial score (nSPS) is 20.0. The zero-order valence-electron chi connectivity index (χ0n) is 14.5. The lowest BCUT2D eigenvalue weighted by molar-refractivity contribution is -0.122. The number of carbonyl (C=O) groups excluding carboxylic acids is 1. The van der Waals surface area contributed by atoms with Crippen molar-refractivity contribution >= 4 is 5.91 Å². The van der Waals surface area contributed by atoms with E-state index in [1.807, 2.05) is 30.3 Å². The molecule has 1 fully saturated rings. The summed E-state index contributed by atoms with van der Waals surface area (Å²) in [6, 6.07) is 9.31. The lowest BCUT2D eigenvalue weighted by atomic mass is 9.95. The largest absolute Gasteiger partial charge is 0.376 e. The summed E-state index contributed by atoms with van der Waals surface area (Å²) in [7, 11) is 0. The average molecular weight is 330 g/mol. The van der Waals surface area contributed by atoms with Gasteiger partial charge in [0.2, 0.25) is 5.91 Å². The minimum Gasteiger partial charge on any atom is -0.376 e. The highest BCUT2D eigenvalue weighted by molar-refractivity contribution is 5.81. The number of rotatable bonds is 7. The van der Waals surface area contributed by atoms with E-state index in [4.69, 9.17) is 10.5 Å². The molecule has 132 valence electrons.